The highest BCUT2D eigenvalue weighted by molar-refractivity contribution is 5.83. The lowest BCUT2D eigenvalue weighted by atomic mass is 10.0. The summed E-state index contributed by atoms with van der Waals surface area (Å²) in [6.45, 7) is 9.20. The zero-order valence-corrected chi connectivity index (χ0v) is 15.1. The zero-order valence-electron chi connectivity index (χ0n) is 15.1. The van der Waals surface area contributed by atoms with Crippen molar-refractivity contribution in [3.05, 3.63) is 0 Å². The van der Waals surface area contributed by atoms with Crippen LogP contribution in [0.2, 0.25) is 0 Å². The average Bonchev–Trinajstić information content (AvgIpc) is 2.72. The Kier molecular flexibility index (Phi) is 6.41. The number of likely N-dealkylation sites (tertiary alicyclic amines) is 1. The number of hydrogen-bond acceptors (Lipinski definition) is 4. The van der Waals surface area contributed by atoms with E-state index in [0.717, 1.165) is 52.0 Å². The number of likely N-dealkylation sites (N-methyl/N-ethyl adjacent to an activating group) is 1. The number of piperidine rings is 1. The van der Waals surface area contributed by atoms with Crippen molar-refractivity contribution < 1.29 is 9.59 Å². The predicted molar refractivity (Wildman–Crippen MR) is 91.2 cm³/mol. The SMILES string of the molecule is CC(C)N1CCCC(N2CCCN(CC(=O)N(C)C)CC2)C1=O. The highest BCUT2D eigenvalue weighted by atomic mass is 16.2. The van der Waals surface area contributed by atoms with Gasteiger partial charge in [0.15, 0.2) is 0 Å². The molecule has 2 saturated heterocycles. The van der Waals surface area contributed by atoms with Gasteiger partial charge in [0.2, 0.25) is 11.8 Å². The Hall–Kier alpha value is -1.14. The molecular formula is C17H32N4O2. The normalized spacial score (nSPS) is 24.8. The van der Waals surface area contributed by atoms with E-state index in [2.05, 4.69) is 23.6 Å². The van der Waals surface area contributed by atoms with Crippen molar-refractivity contribution in [1.29, 1.82) is 0 Å². The fraction of sp³-hybridized carbons (Fsp3) is 0.882. The molecular weight excluding hydrogens is 292 g/mol. The maximum atomic E-state index is 12.7. The number of nitrogens with zero attached hydrogens (tertiary/aromatic N) is 4. The summed E-state index contributed by atoms with van der Waals surface area (Å²) in [5.41, 5.74) is 0. The van der Waals surface area contributed by atoms with Gasteiger partial charge in [-0.3, -0.25) is 19.4 Å². The Morgan fingerprint density at radius 2 is 1.87 bits per heavy atom. The van der Waals surface area contributed by atoms with Crippen LogP contribution in [0, 0.1) is 0 Å². The van der Waals surface area contributed by atoms with E-state index in [4.69, 9.17) is 0 Å². The molecule has 0 saturated carbocycles. The van der Waals surface area contributed by atoms with Crippen molar-refractivity contribution >= 4 is 11.8 Å². The minimum atomic E-state index is 0.0376. The summed E-state index contributed by atoms with van der Waals surface area (Å²) in [5.74, 6) is 0.447. The molecule has 0 aromatic carbocycles. The minimum absolute atomic E-state index is 0.0376. The van der Waals surface area contributed by atoms with E-state index in [-0.39, 0.29) is 18.0 Å². The third-order valence-corrected chi connectivity index (χ3v) is 4.99. The molecule has 0 aromatic rings. The van der Waals surface area contributed by atoms with Crippen LogP contribution in [0.1, 0.15) is 33.1 Å². The Morgan fingerprint density at radius 1 is 1.13 bits per heavy atom. The fourth-order valence-corrected chi connectivity index (χ4v) is 3.52. The molecule has 23 heavy (non-hydrogen) atoms. The molecule has 1 atom stereocenters. The summed E-state index contributed by atoms with van der Waals surface area (Å²) in [5, 5.41) is 0. The summed E-state index contributed by atoms with van der Waals surface area (Å²) in [6.07, 6.45) is 3.08. The first-order valence-corrected chi connectivity index (χ1v) is 8.87. The first kappa shape index (κ1) is 18.2. The van der Waals surface area contributed by atoms with Gasteiger partial charge in [0.1, 0.15) is 0 Å². The molecule has 0 N–H and O–H groups in total. The van der Waals surface area contributed by atoms with E-state index in [1.807, 2.05) is 4.90 Å². The van der Waals surface area contributed by atoms with Gasteiger partial charge >= 0.3 is 0 Å². The lowest BCUT2D eigenvalue weighted by Gasteiger charge is -2.40. The summed E-state index contributed by atoms with van der Waals surface area (Å²) in [6, 6.07) is 0.321. The second-order valence-electron chi connectivity index (χ2n) is 7.24. The summed E-state index contributed by atoms with van der Waals surface area (Å²) < 4.78 is 0. The van der Waals surface area contributed by atoms with E-state index < -0.39 is 0 Å². The van der Waals surface area contributed by atoms with Crippen LogP contribution in [0.3, 0.4) is 0 Å². The van der Waals surface area contributed by atoms with Gasteiger partial charge in [0.05, 0.1) is 12.6 Å². The molecule has 2 amide bonds. The molecule has 2 aliphatic rings. The zero-order chi connectivity index (χ0) is 17.0. The van der Waals surface area contributed by atoms with Crippen molar-refractivity contribution in [3.8, 4) is 0 Å². The van der Waals surface area contributed by atoms with E-state index in [0.29, 0.717) is 12.5 Å². The Morgan fingerprint density at radius 3 is 2.52 bits per heavy atom. The number of rotatable bonds is 4. The Balaban J connectivity index is 1.92. The van der Waals surface area contributed by atoms with Crippen LogP contribution in [0.15, 0.2) is 0 Å². The first-order chi connectivity index (χ1) is 10.9. The number of hydrogen-bond donors (Lipinski definition) is 0. The van der Waals surface area contributed by atoms with Crippen molar-refractivity contribution in [2.75, 3.05) is 53.4 Å². The van der Waals surface area contributed by atoms with Crippen molar-refractivity contribution in [2.24, 2.45) is 0 Å². The van der Waals surface area contributed by atoms with Crippen molar-refractivity contribution in [1.82, 2.24) is 19.6 Å². The van der Waals surface area contributed by atoms with Gasteiger partial charge in [-0.2, -0.15) is 0 Å². The molecule has 0 bridgehead atoms. The molecule has 1 unspecified atom stereocenters. The van der Waals surface area contributed by atoms with E-state index in [9.17, 15) is 9.59 Å². The number of carbonyl (C=O) groups is 2. The smallest absolute Gasteiger partial charge is 0.240 e. The largest absolute Gasteiger partial charge is 0.348 e. The lowest BCUT2D eigenvalue weighted by molar-refractivity contribution is -0.142. The van der Waals surface area contributed by atoms with E-state index in [1.54, 1.807) is 19.0 Å². The highest BCUT2D eigenvalue weighted by Gasteiger charge is 2.34. The minimum Gasteiger partial charge on any atom is -0.348 e. The Labute approximate surface area is 140 Å². The molecule has 132 valence electrons. The molecule has 2 heterocycles. The highest BCUT2D eigenvalue weighted by Crippen LogP contribution is 2.20. The maximum Gasteiger partial charge on any atom is 0.240 e. The summed E-state index contributed by atoms with van der Waals surface area (Å²) in [4.78, 5) is 32.9. The molecule has 2 rings (SSSR count). The molecule has 0 spiro atoms. The van der Waals surface area contributed by atoms with Crippen LogP contribution in [0.25, 0.3) is 0 Å². The van der Waals surface area contributed by atoms with Crippen LogP contribution >= 0.6 is 0 Å². The van der Waals surface area contributed by atoms with Gasteiger partial charge < -0.3 is 9.80 Å². The molecule has 2 fully saturated rings. The van der Waals surface area contributed by atoms with E-state index in [1.165, 1.54) is 0 Å². The molecule has 0 radical (unpaired) electrons. The van der Waals surface area contributed by atoms with Gasteiger partial charge in [0, 0.05) is 46.3 Å². The van der Waals surface area contributed by atoms with Crippen molar-refractivity contribution in [3.63, 3.8) is 0 Å². The topological polar surface area (TPSA) is 47.1 Å². The van der Waals surface area contributed by atoms with Crippen LogP contribution in [-0.2, 0) is 9.59 Å². The fourth-order valence-electron chi connectivity index (χ4n) is 3.52. The van der Waals surface area contributed by atoms with E-state index >= 15 is 0 Å². The Bertz CT molecular complexity index is 425. The number of carbonyl (C=O) groups excluding carboxylic acids is 2. The van der Waals surface area contributed by atoms with Crippen LogP contribution < -0.4 is 0 Å². The molecule has 6 nitrogen and oxygen atoms in total. The van der Waals surface area contributed by atoms with Gasteiger partial charge in [-0.25, -0.2) is 0 Å². The third kappa shape index (κ3) is 4.67. The van der Waals surface area contributed by atoms with Crippen LogP contribution in [0.5, 0.6) is 0 Å². The molecule has 2 aliphatic heterocycles. The van der Waals surface area contributed by atoms with Gasteiger partial charge in [-0.05, 0) is 39.7 Å². The van der Waals surface area contributed by atoms with Gasteiger partial charge in [-0.15, -0.1) is 0 Å². The monoisotopic (exact) mass is 324 g/mol. The van der Waals surface area contributed by atoms with Crippen LogP contribution in [-0.4, -0.2) is 96.9 Å². The van der Waals surface area contributed by atoms with Gasteiger partial charge in [0.25, 0.3) is 0 Å². The molecule has 0 aromatic heterocycles. The molecule has 0 aliphatic carbocycles. The first-order valence-electron chi connectivity index (χ1n) is 8.87. The maximum absolute atomic E-state index is 12.7. The second kappa shape index (κ2) is 8.11. The quantitative estimate of drug-likeness (QED) is 0.755. The van der Waals surface area contributed by atoms with Crippen molar-refractivity contribution in [2.45, 2.75) is 45.2 Å². The summed E-state index contributed by atoms with van der Waals surface area (Å²) in [7, 11) is 3.60. The standard InChI is InChI=1S/C17H32N4O2/c1-14(2)21-10-5-7-15(17(21)23)20-9-6-8-19(11-12-20)13-16(22)18(3)4/h14-15H,5-13H2,1-4H3. The predicted octanol–water partition coefficient (Wildman–Crippen LogP) is 0.482. The third-order valence-electron chi connectivity index (χ3n) is 4.99. The van der Waals surface area contributed by atoms with Gasteiger partial charge in [-0.1, -0.05) is 0 Å². The molecule has 6 heteroatoms. The lowest BCUT2D eigenvalue weighted by Crippen LogP contribution is -2.55. The average molecular weight is 324 g/mol. The van der Waals surface area contributed by atoms with Crippen LogP contribution in [0.4, 0.5) is 0 Å². The number of amides is 2. The second-order valence-corrected chi connectivity index (χ2v) is 7.24. The summed E-state index contributed by atoms with van der Waals surface area (Å²) >= 11 is 0.